The van der Waals surface area contributed by atoms with Crippen LogP contribution in [-0.4, -0.2) is 27.4 Å². The van der Waals surface area contributed by atoms with Gasteiger partial charge in [-0.15, -0.1) is 0 Å². The summed E-state index contributed by atoms with van der Waals surface area (Å²) in [4.78, 5) is 4.14. The van der Waals surface area contributed by atoms with Gasteiger partial charge in [-0.2, -0.15) is 5.10 Å². The number of ether oxygens (including phenoxy) is 1. The molecule has 2 atom stereocenters. The molecule has 21 heavy (non-hydrogen) atoms. The third-order valence-electron chi connectivity index (χ3n) is 3.69. The van der Waals surface area contributed by atoms with Crippen molar-refractivity contribution in [3.63, 3.8) is 0 Å². The van der Waals surface area contributed by atoms with Crippen molar-refractivity contribution in [2.45, 2.75) is 25.1 Å². The molecule has 1 aromatic heterocycles. The van der Waals surface area contributed by atoms with Crippen molar-refractivity contribution >= 4 is 0 Å². The van der Waals surface area contributed by atoms with Crippen molar-refractivity contribution in [1.29, 1.82) is 0 Å². The Morgan fingerprint density at radius 2 is 2.24 bits per heavy atom. The molecule has 1 N–H and O–H groups in total. The van der Waals surface area contributed by atoms with Gasteiger partial charge < -0.3 is 10.1 Å². The second-order valence-electron chi connectivity index (χ2n) is 5.04. The molecule has 1 fully saturated rings. The zero-order valence-electron chi connectivity index (χ0n) is 11.6. The summed E-state index contributed by atoms with van der Waals surface area (Å²) in [5.41, 5.74) is 0.641. The minimum absolute atomic E-state index is 0.0339. The Morgan fingerprint density at radius 1 is 1.38 bits per heavy atom. The summed E-state index contributed by atoms with van der Waals surface area (Å²) in [6.07, 6.45) is 2.02. The van der Waals surface area contributed by atoms with Crippen molar-refractivity contribution in [2.24, 2.45) is 7.05 Å². The maximum absolute atomic E-state index is 13.3. The quantitative estimate of drug-likeness (QED) is 0.933. The number of aromatic nitrogens is 3. The lowest BCUT2D eigenvalue weighted by Gasteiger charge is -2.20. The number of aryl methyl sites for hydroxylation is 1. The summed E-state index contributed by atoms with van der Waals surface area (Å²) in [6, 6.07) is 3.92. The second-order valence-corrected chi connectivity index (χ2v) is 5.04. The van der Waals surface area contributed by atoms with Crippen LogP contribution in [0.3, 0.4) is 0 Å². The predicted octanol–water partition coefficient (Wildman–Crippen LogP) is 1.71. The third kappa shape index (κ3) is 2.93. The fourth-order valence-corrected chi connectivity index (χ4v) is 2.52. The van der Waals surface area contributed by atoms with E-state index in [0.29, 0.717) is 18.7 Å². The van der Waals surface area contributed by atoms with Crippen LogP contribution in [0.1, 0.15) is 23.9 Å². The molecule has 1 aliphatic rings. The molecule has 0 amide bonds. The minimum Gasteiger partial charge on any atom is -0.372 e. The van der Waals surface area contributed by atoms with Crippen molar-refractivity contribution < 1.29 is 13.5 Å². The predicted molar refractivity (Wildman–Crippen MR) is 71.3 cm³/mol. The van der Waals surface area contributed by atoms with Gasteiger partial charge in [-0.05, 0) is 24.1 Å². The molecule has 1 aliphatic heterocycles. The van der Waals surface area contributed by atoms with E-state index in [2.05, 4.69) is 15.4 Å². The number of nitrogens with zero attached hydrogens (tertiary/aromatic N) is 3. The van der Waals surface area contributed by atoms with Gasteiger partial charge in [-0.3, -0.25) is 4.68 Å². The molecule has 0 bridgehead atoms. The van der Waals surface area contributed by atoms with E-state index in [1.54, 1.807) is 10.7 Å². The number of hydrogen-bond donors (Lipinski definition) is 1. The summed E-state index contributed by atoms with van der Waals surface area (Å²) in [5, 5.41) is 7.35. The highest BCUT2D eigenvalue weighted by Crippen LogP contribution is 2.30. The molecule has 5 nitrogen and oxygen atoms in total. The van der Waals surface area contributed by atoms with Crippen LogP contribution in [0.15, 0.2) is 24.5 Å². The highest BCUT2D eigenvalue weighted by molar-refractivity contribution is 5.22. The Bertz CT molecular complexity index is 631. The standard InChI is InChI=1S/C14H16F2N4O/c1-20-13(18-8-19-20)7-17-12-4-5-21-14(12)9-2-3-10(15)11(16)6-9/h2-3,6,8,12,14,17H,4-5,7H2,1H3/t12-,14+/m1/s1. The molecule has 7 heteroatoms. The number of benzene rings is 1. The van der Waals surface area contributed by atoms with Crippen molar-refractivity contribution in [1.82, 2.24) is 20.1 Å². The van der Waals surface area contributed by atoms with Crippen LogP contribution in [0.4, 0.5) is 8.78 Å². The van der Waals surface area contributed by atoms with Gasteiger partial charge in [-0.25, -0.2) is 13.8 Å². The highest BCUT2D eigenvalue weighted by Gasteiger charge is 2.30. The number of hydrogen-bond acceptors (Lipinski definition) is 4. The van der Waals surface area contributed by atoms with Crippen LogP contribution in [0, 0.1) is 11.6 Å². The molecule has 112 valence electrons. The number of halogens is 2. The van der Waals surface area contributed by atoms with Gasteiger partial charge in [0, 0.05) is 19.7 Å². The Morgan fingerprint density at radius 3 is 2.95 bits per heavy atom. The van der Waals surface area contributed by atoms with E-state index in [9.17, 15) is 8.78 Å². The number of rotatable bonds is 4. The maximum atomic E-state index is 13.3. The lowest BCUT2D eigenvalue weighted by Crippen LogP contribution is -2.32. The zero-order valence-corrected chi connectivity index (χ0v) is 11.6. The van der Waals surface area contributed by atoms with E-state index in [0.717, 1.165) is 18.3 Å². The van der Waals surface area contributed by atoms with E-state index in [1.165, 1.54) is 12.4 Å². The van der Waals surface area contributed by atoms with Gasteiger partial charge in [0.05, 0.1) is 12.6 Å². The molecular formula is C14H16F2N4O. The molecule has 0 spiro atoms. The van der Waals surface area contributed by atoms with E-state index < -0.39 is 11.6 Å². The normalized spacial score (nSPS) is 21.9. The van der Waals surface area contributed by atoms with E-state index in [1.807, 2.05) is 7.05 Å². The van der Waals surface area contributed by atoms with Gasteiger partial charge >= 0.3 is 0 Å². The highest BCUT2D eigenvalue weighted by atomic mass is 19.2. The first-order valence-electron chi connectivity index (χ1n) is 6.78. The Labute approximate surface area is 120 Å². The van der Waals surface area contributed by atoms with Gasteiger partial charge in [0.2, 0.25) is 0 Å². The Kier molecular flexibility index (Phi) is 3.94. The van der Waals surface area contributed by atoms with Crippen LogP contribution >= 0.6 is 0 Å². The zero-order chi connectivity index (χ0) is 14.8. The molecule has 3 rings (SSSR count). The molecule has 0 aliphatic carbocycles. The largest absolute Gasteiger partial charge is 0.372 e. The van der Waals surface area contributed by atoms with E-state index in [4.69, 9.17) is 4.74 Å². The fourth-order valence-electron chi connectivity index (χ4n) is 2.52. The van der Waals surface area contributed by atoms with Crippen LogP contribution in [0.2, 0.25) is 0 Å². The van der Waals surface area contributed by atoms with Gasteiger partial charge in [0.1, 0.15) is 12.2 Å². The first kappa shape index (κ1) is 14.1. The smallest absolute Gasteiger partial charge is 0.159 e. The van der Waals surface area contributed by atoms with E-state index >= 15 is 0 Å². The molecular weight excluding hydrogens is 278 g/mol. The maximum Gasteiger partial charge on any atom is 0.159 e. The summed E-state index contributed by atoms with van der Waals surface area (Å²) in [6.45, 7) is 1.13. The topological polar surface area (TPSA) is 52.0 Å². The van der Waals surface area contributed by atoms with Crippen LogP contribution < -0.4 is 5.32 Å². The molecule has 1 saturated heterocycles. The van der Waals surface area contributed by atoms with Crippen LogP contribution in [0.25, 0.3) is 0 Å². The summed E-state index contributed by atoms with van der Waals surface area (Å²) in [5.74, 6) is -0.888. The molecule has 2 heterocycles. The van der Waals surface area contributed by atoms with Crippen molar-refractivity contribution in [2.75, 3.05) is 6.61 Å². The van der Waals surface area contributed by atoms with Crippen molar-refractivity contribution in [3.05, 3.63) is 47.5 Å². The van der Waals surface area contributed by atoms with Gasteiger partial charge in [0.15, 0.2) is 11.6 Å². The van der Waals surface area contributed by atoms with Gasteiger partial charge in [0.25, 0.3) is 0 Å². The molecule has 0 saturated carbocycles. The molecule has 0 unspecified atom stereocenters. The van der Waals surface area contributed by atoms with Gasteiger partial charge in [-0.1, -0.05) is 6.07 Å². The van der Waals surface area contributed by atoms with Crippen molar-refractivity contribution in [3.8, 4) is 0 Å². The summed E-state index contributed by atoms with van der Waals surface area (Å²) < 4.78 is 33.7. The lowest BCUT2D eigenvalue weighted by atomic mass is 10.0. The second kappa shape index (κ2) is 5.87. The SMILES string of the molecule is Cn1ncnc1CN[C@@H]1CCO[C@H]1c1ccc(F)c(F)c1. The Hall–Kier alpha value is -1.86. The monoisotopic (exact) mass is 294 g/mol. The number of nitrogens with one attached hydrogen (secondary N) is 1. The molecule has 0 radical (unpaired) electrons. The average Bonchev–Trinajstić information content (AvgIpc) is 3.08. The van der Waals surface area contributed by atoms with E-state index in [-0.39, 0.29) is 12.1 Å². The van der Waals surface area contributed by atoms with Crippen LogP contribution in [-0.2, 0) is 18.3 Å². The van der Waals surface area contributed by atoms with Crippen LogP contribution in [0.5, 0.6) is 0 Å². The lowest BCUT2D eigenvalue weighted by molar-refractivity contribution is 0.0979. The first-order chi connectivity index (χ1) is 10.1. The Balaban J connectivity index is 1.70. The average molecular weight is 294 g/mol. The fraction of sp³-hybridized carbons (Fsp3) is 0.429. The molecule has 2 aromatic rings. The summed E-state index contributed by atoms with van der Waals surface area (Å²) >= 11 is 0. The first-order valence-corrected chi connectivity index (χ1v) is 6.78. The third-order valence-corrected chi connectivity index (χ3v) is 3.69. The summed E-state index contributed by atoms with van der Waals surface area (Å²) in [7, 11) is 1.82. The minimum atomic E-state index is -0.852. The molecule has 1 aromatic carbocycles.